The lowest BCUT2D eigenvalue weighted by atomic mass is 10.2. The van der Waals surface area contributed by atoms with Gasteiger partial charge in [0, 0.05) is 15.6 Å². The number of thiophene rings is 1. The lowest BCUT2D eigenvalue weighted by Gasteiger charge is -1.92. The summed E-state index contributed by atoms with van der Waals surface area (Å²) in [6.07, 6.45) is 0. The Hall–Kier alpha value is -0.590. The maximum atomic E-state index is 8.52. The van der Waals surface area contributed by atoms with Gasteiger partial charge in [-0.25, -0.2) is 0 Å². The van der Waals surface area contributed by atoms with Crippen LogP contribution in [0.2, 0.25) is 0 Å². The summed E-state index contributed by atoms with van der Waals surface area (Å²) < 4.78 is 0. The largest absolute Gasteiger partial charge is 0.192 e. The first-order chi connectivity index (χ1) is 5.27. The van der Waals surface area contributed by atoms with Crippen LogP contribution in [-0.4, -0.2) is 5.33 Å². The fourth-order valence-electron chi connectivity index (χ4n) is 0.646. The fourth-order valence-corrected chi connectivity index (χ4v) is 1.94. The van der Waals surface area contributed by atoms with Gasteiger partial charge in [0.1, 0.15) is 6.07 Å². The average Bonchev–Trinajstić information content (AvgIpc) is 2.50. The summed E-state index contributed by atoms with van der Waals surface area (Å²) in [6.45, 7) is 3.85. The molecule has 0 spiro atoms. The number of rotatable bonds is 2. The predicted molar refractivity (Wildman–Crippen MR) is 51.9 cm³/mol. The van der Waals surface area contributed by atoms with Crippen molar-refractivity contribution in [1.82, 2.24) is 0 Å². The van der Waals surface area contributed by atoms with E-state index in [1.165, 1.54) is 0 Å². The molecule has 0 amide bonds. The van der Waals surface area contributed by atoms with Gasteiger partial charge in [-0.05, 0) is 11.6 Å². The Kier molecular flexibility index (Phi) is 2.86. The molecule has 1 nitrogen and oxygen atoms in total. The van der Waals surface area contributed by atoms with Crippen LogP contribution in [-0.2, 0) is 0 Å². The van der Waals surface area contributed by atoms with Crippen molar-refractivity contribution in [3.8, 4) is 6.07 Å². The molecule has 0 fully saturated rings. The number of halogens is 1. The van der Waals surface area contributed by atoms with Gasteiger partial charge in [0.25, 0.3) is 0 Å². The molecule has 0 radical (unpaired) electrons. The number of allylic oxidation sites excluding steroid dienone is 1. The van der Waals surface area contributed by atoms with Crippen molar-refractivity contribution in [3.63, 3.8) is 0 Å². The number of nitrogens with zero attached hydrogens (tertiary/aromatic N) is 1. The SMILES string of the molecule is C=C(CBr)c1cc(C#N)cs1. The van der Waals surface area contributed by atoms with Crippen molar-refractivity contribution in [3.05, 3.63) is 28.5 Å². The standard InChI is InChI=1S/C8H6BrNS/c1-6(3-9)8-2-7(4-10)5-11-8/h2,5H,1,3H2. The van der Waals surface area contributed by atoms with E-state index in [4.69, 9.17) is 5.26 Å². The zero-order valence-electron chi connectivity index (χ0n) is 5.80. The molecule has 11 heavy (non-hydrogen) atoms. The zero-order valence-corrected chi connectivity index (χ0v) is 8.20. The summed E-state index contributed by atoms with van der Waals surface area (Å²) in [6, 6.07) is 3.94. The molecule has 3 heteroatoms. The van der Waals surface area contributed by atoms with Crippen LogP contribution in [0.25, 0.3) is 5.57 Å². The van der Waals surface area contributed by atoms with Gasteiger partial charge in [-0.15, -0.1) is 11.3 Å². The minimum atomic E-state index is 0.715. The van der Waals surface area contributed by atoms with Crippen LogP contribution in [0.4, 0.5) is 0 Å². The van der Waals surface area contributed by atoms with Gasteiger partial charge in [0.15, 0.2) is 0 Å². The van der Waals surface area contributed by atoms with Crippen LogP contribution < -0.4 is 0 Å². The van der Waals surface area contributed by atoms with E-state index in [1.807, 2.05) is 11.4 Å². The van der Waals surface area contributed by atoms with Crippen LogP contribution in [0.3, 0.4) is 0 Å². The van der Waals surface area contributed by atoms with E-state index in [9.17, 15) is 0 Å². The van der Waals surface area contributed by atoms with Crippen molar-refractivity contribution >= 4 is 32.8 Å². The molecule has 1 aromatic rings. The van der Waals surface area contributed by atoms with E-state index in [0.717, 1.165) is 15.8 Å². The second-order valence-corrected chi connectivity index (χ2v) is 3.52. The Balaban J connectivity index is 2.91. The molecule has 0 saturated carbocycles. The fraction of sp³-hybridized carbons (Fsp3) is 0.125. The quantitative estimate of drug-likeness (QED) is 0.713. The number of alkyl halides is 1. The first kappa shape index (κ1) is 8.51. The first-order valence-electron chi connectivity index (χ1n) is 3.00. The van der Waals surface area contributed by atoms with Crippen LogP contribution in [0.5, 0.6) is 0 Å². The second kappa shape index (κ2) is 3.70. The number of hydrogen-bond donors (Lipinski definition) is 0. The van der Waals surface area contributed by atoms with Crippen LogP contribution in [0, 0.1) is 11.3 Å². The number of hydrogen-bond acceptors (Lipinski definition) is 2. The Morgan fingerprint density at radius 3 is 3.00 bits per heavy atom. The van der Waals surface area contributed by atoms with Gasteiger partial charge in [0.05, 0.1) is 5.56 Å². The Bertz CT molecular complexity index is 308. The van der Waals surface area contributed by atoms with Crippen molar-refractivity contribution < 1.29 is 0 Å². The molecule has 0 atom stereocenters. The van der Waals surface area contributed by atoms with E-state index in [2.05, 4.69) is 28.6 Å². The monoisotopic (exact) mass is 227 g/mol. The molecular formula is C8H6BrNS. The molecule has 1 aromatic heterocycles. The van der Waals surface area contributed by atoms with Gasteiger partial charge in [-0.3, -0.25) is 0 Å². The molecule has 0 unspecified atom stereocenters. The summed E-state index contributed by atoms with van der Waals surface area (Å²) >= 11 is 4.86. The maximum Gasteiger partial charge on any atom is 0.100 e. The van der Waals surface area contributed by atoms with Crippen LogP contribution in [0.15, 0.2) is 18.0 Å². The van der Waals surface area contributed by atoms with Gasteiger partial charge in [-0.1, -0.05) is 22.5 Å². The van der Waals surface area contributed by atoms with Gasteiger partial charge >= 0.3 is 0 Å². The topological polar surface area (TPSA) is 23.8 Å². The normalized spacial score (nSPS) is 9.09. The molecule has 0 saturated heterocycles. The minimum absolute atomic E-state index is 0.715. The Morgan fingerprint density at radius 1 is 1.82 bits per heavy atom. The van der Waals surface area contributed by atoms with E-state index >= 15 is 0 Å². The molecular weight excluding hydrogens is 222 g/mol. The molecule has 0 aliphatic carbocycles. The highest BCUT2D eigenvalue weighted by atomic mass is 79.9. The van der Waals surface area contributed by atoms with Gasteiger partial charge < -0.3 is 0 Å². The van der Waals surface area contributed by atoms with Crippen LogP contribution >= 0.6 is 27.3 Å². The van der Waals surface area contributed by atoms with E-state index in [1.54, 1.807) is 11.3 Å². The average molecular weight is 228 g/mol. The highest BCUT2D eigenvalue weighted by Gasteiger charge is 2.00. The third-order valence-corrected chi connectivity index (χ3v) is 2.95. The summed E-state index contributed by atoms with van der Waals surface area (Å²) in [5.41, 5.74) is 1.74. The third-order valence-electron chi connectivity index (χ3n) is 1.24. The van der Waals surface area contributed by atoms with E-state index in [0.29, 0.717) is 5.56 Å². The smallest absolute Gasteiger partial charge is 0.100 e. The lowest BCUT2D eigenvalue weighted by molar-refractivity contribution is 1.51. The molecule has 0 bridgehead atoms. The van der Waals surface area contributed by atoms with Crippen molar-refractivity contribution in [1.29, 1.82) is 5.26 Å². The molecule has 0 aliphatic heterocycles. The van der Waals surface area contributed by atoms with Crippen molar-refractivity contribution in [2.24, 2.45) is 0 Å². The van der Waals surface area contributed by atoms with Crippen LogP contribution in [0.1, 0.15) is 10.4 Å². The third kappa shape index (κ3) is 1.92. The predicted octanol–water partition coefficient (Wildman–Crippen LogP) is 3.03. The molecule has 56 valence electrons. The Morgan fingerprint density at radius 2 is 2.55 bits per heavy atom. The van der Waals surface area contributed by atoms with Crippen molar-refractivity contribution in [2.45, 2.75) is 0 Å². The second-order valence-electron chi connectivity index (χ2n) is 2.05. The molecule has 0 aromatic carbocycles. The lowest BCUT2D eigenvalue weighted by Crippen LogP contribution is -1.75. The summed E-state index contributed by atoms with van der Waals surface area (Å²) in [5.74, 6) is 0. The maximum absolute atomic E-state index is 8.52. The summed E-state index contributed by atoms with van der Waals surface area (Å²) in [7, 11) is 0. The van der Waals surface area contributed by atoms with Gasteiger partial charge in [0.2, 0.25) is 0 Å². The highest BCUT2D eigenvalue weighted by Crippen LogP contribution is 2.22. The van der Waals surface area contributed by atoms with Gasteiger partial charge in [-0.2, -0.15) is 5.26 Å². The molecule has 0 N–H and O–H groups in total. The van der Waals surface area contributed by atoms with E-state index < -0.39 is 0 Å². The van der Waals surface area contributed by atoms with E-state index in [-0.39, 0.29) is 0 Å². The number of nitriles is 1. The molecule has 1 heterocycles. The zero-order chi connectivity index (χ0) is 8.27. The summed E-state index contributed by atoms with van der Waals surface area (Å²) in [5, 5.41) is 11.1. The first-order valence-corrected chi connectivity index (χ1v) is 5.00. The summed E-state index contributed by atoms with van der Waals surface area (Å²) in [4.78, 5) is 1.08. The van der Waals surface area contributed by atoms with Crippen molar-refractivity contribution in [2.75, 3.05) is 5.33 Å². The molecule has 0 aliphatic rings. The highest BCUT2D eigenvalue weighted by molar-refractivity contribution is 9.09. The molecule has 1 rings (SSSR count). The Labute approximate surface area is 78.1 Å². The minimum Gasteiger partial charge on any atom is -0.192 e.